The molecule has 0 aliphatic carbocycles. The molecule has 2 rings (SSSR count). The lowest BCUT2D eigenvalue weighted by atomic mass is 10.2. The third-order valence-corrected chi connectivity index (χ3v) is 5.29. The monoisotopic (exact) mass is 321 g/mol. The zero-order valence-electron chi connectivity index (χ0n) is 11.1. The van der Waals surface area contributed by atoms with Crippen LogP contribution in [-0.2, 0) is 10.0 Å². The fraction of sp³-hybridized carbons (Fsp3) is 0.0714. The van der Waals surface area contributed by atoms with Gasteiger partial charge in [0.05, 0.1) is 28.0 Å². The summed E-state index contributed by atoms with van der Waals surface area (Å²) in [7, 11) is -2.53. The average Bonchev–Trinajstić information content (AvgIpc) is 2.46. The second kappa shape index (κ2) is 5.64. The Balaban J connectivity index is 2.56. The first-order chi connectivity index (χ1) is 9.87. The molecule has 7 heteroatoms. The van der Waals surface area contributed by atoms with Crippen LogP contribution in [0.5, 0.6) is 0 Å². The molecule has 0 bridgehead atoms. The van der Waals surface area contributed by atoms with Crippen LogP contribution >= 0.6 is 11.6 Å². The lowest BCUT2D eigenvalue weighted by Crippen LogP contribution is -2.27. The minimum absolute atomic E-state index is 0.0540. The van der Waals surface area contributed by atoms with Crippen molar-refractivity contribution in [2.45, 2.75) is 4.90 Å². The molecular weight excluding hydrogens is 310 g/mol. The van der Waals surface area contributed by atoms with E-state index in [0.717, 1.165) is 4.31 Å². The lowest BCUT2D eigenvalue weighted by molar-refractivity contribution is 0.595. The van der Waals surface area contributed by atoms with Gasteiger partial charge in [0.15, 0.2) is 0 Å². The van der Waals surface area contributed by atoms with Crippen molar-refractivity contribution in [3.63, 3.8) is 0 Å². The van der Waals surface area contributed by atoms with Crippen LogP contribution in [0.4, 0.5) is 11.4 Å². The van der Waals surface area contributed by atoms with E-state index in [1.807, 2.05) is 6.07 Å². The molecule has 2 aromatic carbocycles. The number of nitrogen functional groups attached to an aromatic ring is 1. The summed E-state index contributed by atoms with van der Waals surface area (Å²) in [5, 5.41) is 8.95. The van der Waals surface area contributed by atoms with Gasteiger partial charge in [0.2, 0.25) is 0 Å². The largest absolute Gasteiger partial charge is 0.398 e. The maximum absolute atomic E-state index is 12.7. The lowest BCUT2D eigenvalue weighted by Gasteiger charge is -2.21. The minimum Gasteiger partial charge on any atom is -0.398 e. The van der Waals surface area contributed by atoms with Gasteiger partial charge in [-0.3, -0.25) is 4.31 Å². The molecule has 0 radical (unpaired) electrons. The van der Waals surface area contributed by atoms with Crippen LogP contribution in [0.3, 0.4) is 0 Å². The first-order valence-corrected chi connectivity index (χ1v) is 7.73. The van der Waals surface area contributed by atoms with E-state index >= 15 is 0 Å². The second-order valence-corrected chi connectivity index (χ2v) is 6.61. The van der Waals surface area contributed by atoms with Crippen molar-refractivity contribution in [3.8, 4) is 6.07 Å². The molecular formula is C14H12ClN3O2S. The van der Waals surface area contributed by atoms with Gasteiger partial charge in [-0.15, -0.1) is 0 Å². The van der Waals surface area contributed by atoms with Crippen molar-refractivity contribution in [1.29, 1.82) is 5.26 Å². The van der Waals surface area contributed by atoms with Gasteiger partial charge in [-0.05, 0) is 30.3 Å². The van der Waals surface area contributed by atoms with Crippen molar-refractivity contribution in [1.82, 2.24) is 0 Å². The fourth-order valence-electron chi connectivity index (χ4n) is 1.84. The van der Waals surface area contributed by atoms with Crippen molar-refractivity contribution in [2.75, 3.05) is 17.1 Å². The Hall–Kier alpha value is -2.23. The number of benzene rings is 2. The highest BCUT2D eigenvalue weighted by molar-refractivity contribution is 7.93. The van der Waals surface area contributed by atoms with Gasteiger partial charge >= 0.3 is 0 Å². The van der Waals surface area contributed by atoms with Gasteiger partial charge < -0.3 is 5.73 Å². The van der Waals surface area contributed by atoms with Crippen molar-refractivity contribution < 1.29 is 8.42 Å². The topological polar surface area (TPSA) is 87.2 Å². The van der Waals surface area contributed by atoms with E-state index in [-0.39, 0.29) is 15.6 Å². The summed E-state index contributed by atoms with van der Waals surface area (Å²) in [6, 6.07) is 12.7. The highest BCUT2D eigenvalue weighted by Gasteiger charge is 2.26. The summed E-state index contributed by atoms with van der Waals surface area (Å²) in [5.74, 6) is 0. The van der Waals surface area contributed by atoms with E-state index in [4.69, 9.17) is 22.6 Å². The number of hydrogen-bond acceptors (Lipinski definition) is 4. The SMILES string of the molecule is CN(c1cccc(C#N)c1)S(=O)(=O)c1c(N)cccc1Cl. The van der Waals surface area contributed by atoms with E-state index in [0.29, 0.717) is 11.3 Å². The molecule has 0 saturated heterocycles. The van der Waals surface area contributed by atoms with Crippen LogP contribution in [0, 0.1) is 11.3 Å². The molecule has 0 spiro atoms. The van der Waals surface area contributed by atoms with Crippen LogP contribution in [0.25, 0.3) is 0 Å². The Kier molecular flexibility index (Phi) is 4.07. The normalized spacial score (nSPS) is 10.9. The van der Waals surface area contributed by atoms with Crippen molar-refractivity contribution >= 4 is 33.0 Å². The number of nitrogens with zero attached hydrogens (tertiary/aromatic N) is 2. The Bertz CT molecular complexity index is 808. The number of anilines is 2. The summed E-state index contributed by atoms with van der Waals surface area (Å²) in [5.41, 5.74) is 6.53. The van der Waals surface area contributed by atoms with Crippen LogP contribution in [0.15, 0.2) is 47.4 Å². The van der Waals surface area contributed by atoms with Crippen LogP contribution in [0.2, 0.25) is 5.02 Å². The molecule has 2 aromatic rings. The van der Waals surface area contributed by atoms with E-state index in [2.05, 4.69) is 0 Å². The molecule has 0 amide bonds. The quantitative estimate of drug-likeness (QED) is 0.880. The molecule has 0 aromatic heterocycles. The predicted octanol–water partition coefficient (Wildman–Crippen LogP) is 2.62. The van der Waals surface area contributed by atoms with Gasteiger partial charge in [0.25, 0.3) is 10.0 Å². The van der Waals surface area contributed by atoms with Crippen LogP contribution in [-0.4, -0.2) is 15.5 Å². The molecule has 2 N–H and O–H groups in total. The Morgan fingerprint density at radius 1 is 1.24 bits per heavy atom. The number of halogens is 1. The van der Waals surface area contributed by atoms with Gasteiger partial charge in [-0.25, -0.2) is 8.42 Å². The third kappa shape index (κ3) is 2.79. The number of nitriles is 1. The highest BCUT2D eigenvalue weighted by atomic mass is 35.5. The first kappa shape index (κ1) is 15.2. The van der Waals surface area contributed by atoms with Gasteiger partial charge in [0, 0.05) is 7.05 Å². The average molecular weight is 322 g/mol. The standard InChI is InChI=1S/C14H12ClN3O2S/c1-18(11-5-2-4-10(8-11)9-16)21(19,20)14-12(15)6-3-7-13(14)17/h2-8H,17H2,1H3. The summed E-state index contributed by atoms with van der Waals surface area (Å²) in [4.78, 5) is -0.142. The Labute approximate surface area is 128 Å². The van der Waals surface area contributed by atoms with Crippen molar-refractivity contribution in [3.05, 3.63) is 53.1 Å². The molecule has 5 nitrogen and oxygen atoms in total. The molecule has 0 fully saturated rings. The zero-order chi connectivity index (χ0) is 15.6. The van der Waals surface area contributed by atoms with Gasteiger partial charge in [0.1, 0.15) is 4.90 Å². The molecule has 0 saturated carbocycles. The number of sulfonamides is 1. The number of hydrogen-bond donors (Lipinski definition) is 1. The molecule has 108 valence electrons. The summed E-state index contributed by atoms with van der Waals surface area (Å²) >= 11 is 5.97. The fourth-order valence-corrected chi connectivity index (χ4v) is 3.66. The predicted molar refractivity (Wildman–Crippen MR) is 82.6 cm³/mol. The Morgan fingerprint density at radius 2 is 1.90 bits per heavy atom. The summed E-state index contributed by atoms with van der Waals surface area (Å²) in [6.45, 7) is 0. The minimum atomic E-state index is -3.91. The number of rotatable bonds is 3. The van der Waals surface area contributed by atoms with Crippen LogP contribution in [0.1, 0.15) is 5.56 Å². The molecule has 21 heavy (non-hydrogen) atoms. The van der Waals surface area contributed by atoms with Gasteiger partial charge in [-0.1, -0.05) is 23.7 Å². The van der Waals surface area contributed by atoms with E-state index in [9.17, 15) is 8.42 Å². The molecule has 0 unspecified atom stereocenters. The van der Waals surface area contributed by atoms with E-state index in [1.165, 1.54) is 25.2 Å². The maximum atomic E-state index is 12.7. The summed E-state index contributed by atoms with van der Waals surface area (Å²) < 4.78 is 26.4. The molecule has 0 atom stereocenters. The molecule has 0 aliphatic rings. The third-order valence-electron chi connectivity index (χ3n) is 2.95. The van der Waals surface area contributed by atoms with Crippen LogP contribution < -0.4 is 10.0 Å². The smallest absolute Gasteiger partial charge is 0.267 e. The number of nitrogens with two attached hydrogens (primary N) is 1. The Morgan fingerprint density at radius 3 is 2.52 bits per heavy atom. The molecule has 0 heterocycles. The van der Waals surface area contributed by atoms with E-state index < -0.39 is 10.0 Å². The highest BCUT2D eigenvalue weighted by Crippen LogP contribution is 2.31. The van der Waals surface area contributed by atoms with E-state index in [1.54, 1.807) is 24.3 Å². The maximum Gasteiger partial charge on any atom is 0.267 e. The summed E-state index contributed by atoms with van der Waals surface area (Å²) in [6.07, 6.45) is 0. The first-order valence-electron chi connectivity index (χ1n) is 5.91. The van der Waals surface area contributed by atoms with Crippen molar-refractivity contribution in [2.24, 2.45) is 0 Å². The zero-order valence-corrected chi connectivity index (χ0v) is 12.7. The van der Waals surface area contributed by atoms with Gasteiger partial charge in [-0.2, -0.15) is 5.26 Å². The molecule has 0 aliphatic heterocycles. The second-order valence-electron chi connectivity index (χ2n) is 4.29.